The van der Waals surface area contributed by atoms with E-state index in [2.05, 4.69) is 68.6 Å². The van der Waals surface area contributed by atoms with E-state index in [1.165, 1.54) is 31.2 Å². The second kappa shape index (κ2) is 6.50. The first kappa shape index (κ1) is 15.7. The van der Waals surface area contributed by atoms with Gasteiger partial charge in [0.2, 0.25) is 0 Å². The zero-order chi connectivity index (χ0) is 15.0. The first-order chi connectivity index (χ1) is 10.1. The Kier molecular flexibility index (Phi) is 4.86. The van der Waals surface area contributed by atoms with Gasteiger partial charge in [0.05, 0.1) is 9.26 Å². The number of hydrogen-bond donors (Lipinski definition) is 0. The molecule has 0 N–H and O–H groups in total. The molecule has 1 saturated carbocycles. The molecular formula is C16H15BrClIN2. The molecule has 0 unspecified atom stereocenters. The van der Waals surface area contributed by atoms with Gasteiger partial charge in [-0.3, -0.25) is 0 Å². The van der Waals surface area contributed by atoms with Crippen molar-refractivity contribution in [2.24, 2.45) is 0 Å². The van der Waals surface area contributed by atoms with Crippen molar-refractivity contribution in [3.63, 3.8) is 0 Å². The summed E-state index contributed by atoms with van der Waals surface area (Å²) in [5, 5.41) is 0.569. The molecule has 1 aliphatic carbocycles. The summed E-state index contributed by atoms with van der Waals surface area (Å²) in [5.41, 5.74) is 3.33. The molecule has 0 spiro atoms. The van der Waals surface area contributed by atoms with E-state index in [-0.39, 0.29) is 0 Å². The Bertz CT molecular complexity index is 684. The summed E-state index contributed by atoms with van der Waals surface area (Å²) in [5.74, 6) is 1.26. The van der Waals surface area contributed by atoms with Crippen LogP contribution in [0.2, 0.25) is 5.15 Å². The molecule has 5 heteroatoms. The second-order valence-electron chi connectivity index (χ2n) is 5.48. The number of nitrogens with zero attached hydrogens (tertiary/aromatic N) is 2. The largest absolute Gasteiger partial charge is 0.232 e. The lowest BCUT2D eigenvalue weighted by molar-refractivity contribution is 0.690. The Morgan fingerprint density at radius 1 is 1.24 bits per heavy atom. The number of halogens is 3. The lowest BCUT2D eigenvalue weighted by Gasteiger charge is -2.14. The van der Waals surface area contributed by atoms with E-state index >= 15 is 0 Å². The van der Waals surface area contributed by atoms with Crippen LogP contribution in [-0.4, -0.2) is 9.97 Å². The molecule has 1 heterocycles. The topological polar surface area (TPSA) is 25.8 Å². The number of aromatic nitrogens is 2. The number of benzene rings is 1. The van der Waals surface area contributed by atoms with Crippen LogP contribution in [0.5, 0.6) is 0 Å². The smallest absolute Gasteiger partial charge is 0.161 e. The molecule has 0 atom stereocenters. The van der Waals surface area contributed by atoms with Crippen molar-refractivity contribution < 1.29 is 0 Å². The van der Waals surface area contributed by atoms with E-state index < -0.39 is 0 Å². The first-order valence-electron chi connectivity index (χ1n) is 7.05. The van der Waals surface area contributed by atoms with Gasteiger partial charge in [-0.2, -0.15) is 0 Å². The normalized spacial score (nSPS) is 15.6. The fraction of sp³-hybridized carbons (Fsp3) is 0.375. The highest BCUT2D eigenvalue weighted by Crippen LogP contribution is 2.38. The van der Waals surface area contributed by atoms with Gasteiger partial charge < -0.3 is 0 Å². The van der Waals surface area contributed by atoms with Gasteiger partial charge in [0.15, 0.2) is 5.82 Å². The van der Waals surface area contributed by atoms with Crippen LogP contribution in [0.4, 0.5) is 0 Å². The molecule has 0 radical (unpaired) electrons. The van der Waals surface area contributed by atoms with Crippen LogP contribution in [-0.2, 0) is 0 Å². The standard InChI is InChI=1S/C16H15BrClIN2/c1-9-6-7-11(8-12(9)17)16-20-14(10-4-2-3-5-10)13(19)15(18)21-16/h6-8,10H,2-5H2,1H3. The Morgan fingerprint density at radius 3 is 2.62 bits per heavy atom. The third kappa shape index (κ3) is 3.27. The Morgan fingerprint density at radius 2 is 1.95 bits per heavy atom. The van der Waals surface area contributed by atoms with Crippen LogP contribution in [0.25, 0.3) is 11.4 Å². The van der Waals surface area contributed by atoms with Crippen LogP contribution < -0.4 is 0 Å². The number of rotatable bonds is 2. The minimum Gasteiger partial charge on any atom is -0.232 e. The van der Waals surface area contributed by atoms with Crippen molar-refractivity contribution in [1.29, 1.82) is 0 Å². The molecule has 21 heavy (non-hydrogen) atoms. The van der Waals surface area contributed by atoms with E-state index in [1.54, 1.807) is 0 Å². The molecule has 1 aromatic heterocycles. The number of hydrogen-bond acceptors (Lipinski definition) is 2. The molecule has 2 aromatic rings. The molecule has 1 aliphatic rings. The molecule has 0 amide bonds. The average molecular weight is 478 g/mol. The molecule has 1 aromatic carbocycles. The van der Waals surface area contributed by atoms with Gasteiger partial charge in [0.25, 0.3) is 0 Å². The maximum absolute atomic E-state index is 6.35. The van der Waals surface area contributed by atoms with E-state index in [4.69, 9.17) is 16.6 Å². The van der Waals surface area contributed by atoms with E-state index in [1.807, 2.05) is 0 Å². The van der Waals surface area contributed by atoms with Crippen LogP contribution in [0, 0.1) is 10.5 Å². The molecule has 110 valence electrons. The van der Waals surface area contributed by atoms with Crippen LogP contribution in [0.15, 0.2) is 22.7 Å². The van der Waals surface area contributed by atoms with Crippen molar-refractivity contribution >= 4 is 50.1 Å². The summed E-state index contributed by atoms with van der Waals surface area (Å²) in [4.78, 5) is 9.30. The highest BCUT2D eigenvalue weighted by molar-refractivity contribution is 14.1. The Hall–Kier alpha value is -0.200. The highest BCUT2D eigenvalue weighted by Gasteiger charge is 2.23. The minimum absolute atomic E-state index is 0.532. The molecule has 0 bridgehead atoms. The minimum atomic E-state index is 0.532. The second-order valence-corrected chi connectivity index (χ2v) is 7.77. The van der Waals surface area contributed by atoms with Crippen molar-refractivity contribution in [2.45, 2.75) is 38.5 Å². The molecule has 1 fully saturated rings. The summed E-state index contributed by atoms with van der Waals surface area (Å²) in [6.45, 7) is 2.07. The number of aryl methyl sites for hydroxylation is 1. The van der Waals surface area contributed by atoms with E-state index in [0.717, 1.165) is 25.1 Å². The van der Waals surface area contributed by atoms with Gasteiger partial charge in [-0.15, -0.1) is 0 Å². The lowest BCUT2D eigenvalue weighted by atomic mass is 10.0. The summed E-state index contributed by atoms with van der Waals surface area (Å²) in [6.07, 6.45) is 4.99. The lowest BCUT2D eigenvalue weighted by Crippen LogP contribution is -2.04. The Labute approximate surface area is 152 Å². The zero-order valence-electron chi connectivity index (χ0n) is 11.7. The molecular weight excluding hydrogens is 462 g/mol. The highest BCUT2D eigenvalue weighted by atomic mass is 127. The third-order valence-electron chi connectivity index (χ3n) is 4.01. The van der Waals surface area contributed by atoms with Crippen molar-refractivity contribution in [3.05, 3.63) is 42.7 Å². The van der Waals surface area contributed by atoms with E-state index in [9.17, 15) is 0 Å². The van der Waals surface area contributed by atoms with Crippen molar-refractivity contribution in [1.82, 2.24) is 9.97 Å². The van der Waals surface area contributed by atoms with Gasteiger partial charge in [-0.25, -0.2) is 9.97 Å². The maximum atomic E-state index is 6.35. The maximum Gasteiger partial charge on any atom is 0.161 e. The van der Waals surface area contributed by atoms with Crippen LogP contribution in [0.1, 0.15) is 42.9 Å². The third-order valence-corrected chi connectivity index (χ3v) is 6.52. The molecule has 3 rings (SSSR count). The predicted octanol–water partition coefficient (Wildman–Crippen LogP) is 6.13. The zero-order valence-corrected chi connectivity index (χ0v) is 16.2. The summed E-state index contributed by atoms with van der Waals surface area (Å²) in [6, 6.07) is 6.19. The molecule has 0 saturated heterocycles. The first-order valence-corrected chi connectivity index (χ1v) is 9.30. The van der Waals surface area contributed by atoms with Crippen LogP contribution >= 0.6 is 50.1 Å². The SMILES string of the molecule is Cc1ccc(-c2nc(Cl)c(I)c(C3CCCC3)n2)cc1Br. The van der Waals surface area contributed by atoms with Gasteiger partial charge in [-0.05, 0) is 54.0 Å². The fourth-order valence-electron chi connectivity index (χ4n) is 2.77. The fourth-order valence-corrected chi connectivity index (χ4v) is 4.00. The quantitative estimate of drug-likeness (QED) is 0.384. The van der Waals surface area contributed by atoms with Crippen molar-refractivity contribution in [2.75, 3.05) is 0 Å². The van der Waals surface area contributed by atoms with Crippen LogP contribution in [0.3, 0.4) is 0 Å². The predicted molar refractivity (Wildman–Crippen MR) is 98.8 cm³/mol. The van der Waals surface area contributed by atoms with Gasteiger partial charge in [-0.1, -0.05) is 52.5 Å². The van der Waals surface area contributed by atoms with Gasteiger partial charge >= 0.3 is 0 Å². The monoisotopic (exact) mass is 476 g/mol. The summed E-state index contributed by atoms with van der Waals surface area (Å²) in [7, 11) is 0. The Balaban J connectivity index is 2.08. The van der Waals surface area contributed by atoms with Crippen molar-refractivity contribution in [3.8, 4) is 11.4 Å². The van der Waals surface area contributed by atoms with Gasteiger partial charge in [0.1, 0.15) is 5.15 Å². The summed E-state index contributed by atoms with van der Waals surface area (Å²) < 4.78 is 2.08. The molecule has 2 nitrogen and oxygen atoms in total. The average Bonchev–Trinajstić information content (AvgIpc) is 2.98. The van der Waals surface area contributed by atoms with Gasteiger partial charge in [0, 0.05) is 16.0 Å². The summed E-state index contributed by atoms with van der Waals surface area (Å²) >= 11 is 12.2. The molecule has 0 aliphatic heterocycles. The van der Waals surface area contributed by atoms with E-state index in [0.29, 0.717) is 11.1 Å².